The van der Waals surface area contributed by atoms with Crippen molar-refractivity contribution in [2.24, 2.45) is 0 Å². The summed E-state index contributed by atoms with van der Waals surface area (Å²) in [5.74, 6) is 1.70. The third-order valence-electron chi connectivity index (χ3n) is 3.85. The Labute approximate surface area is 103 Å². The molecule has 1 heterocycles. The molecule has 2 aliphatic carbocycles. The summed E-state index contributed by atoms with van der Waals surface area (Å²) < 4.78 is 0. The SMILES string of the molecule is c1cc(CNC2CC2)nc(C2CCCCC2)n1. The fourth-order valence-electron chi connectivity index (χ4n) is 2.61. The first-order chi connectivity index (χ1) is 8.42. The van der Waals surface area contributed by atoms with Crippen LogP contribution in [-0.2, 0) is 6.54 Å². The van der Waals surface area contributed by atoms with Crippen LogP contribution in [0.2, 0.25) is 0 Å². The average molecular weight is 231 g/mol. The quantitative estimate of drug-likeness (QED) is 0.866. The van der Waals surface area contributed by atoms with Crippen molar-refractivity contribution in [3.63, 3.8) is 0 Å². The maximum absolute atomic E-state index is 4.72. The van der Waals surface area contributed by atoms with Crippen molar-refractivity contribution in [2.45, 2.75) is 63.5 Å². The van der Waals surface area contributed by atoms with Gasteiger partial charge in [0, 0.05) is 24.7 Å². The molecule has 0 atom stereocenters. The minimum atomic E-state index is 0.615. The fraction of sp³-hybridized carbons (Fsp3) is 0.714. The molecular weight excluding hydrogens is 210 g/mol. The molecule has 3 rings (SSSR count). The molecule has 0 unspecified atom stereocenters. The van der Waals surface area contributed by atoms with E-state index in [-0.39, 0.29) is 0 Å². The summed E-state index contributed by atoms with van der Waals surface area (Å²) in [6.45, 7) is 0.910. The number of hydrogen-bond donors (Lipinski definition) is 1. The van der Waals surface area contributed by atoms with E-state index in [1.807, 2.05) is 12.3 Å². The summed E-state index contributed by atoms with van der Waals surface area (Å²) in [5.41, 5.74) is 1.16. The van der Waals surface area contributed by atoms with Crippen molar-refractivity contribution in [3.05, 3.63) is 23.8 Å². The van der Waals surface area contributed by atoms with Crippen LogP contribution in [0.15, 0.2) is 12.3 Å². The van der Waals surface area contributed by atoms with E-state index >= 15 is 0 Å². The van der Waals surface area contributed by atoms with E-state index in [0.29, 0.717) is 5.92 Å². The molecule has 2 aliphatic rings. The van der Waals surface area contributed by atoms with Crippen LogP contribution in [0.3, 0.4) is 0 Å². The molecule has 1 N–H and O–H groups in total. The molecule has 2 fully saturated rings. The minimum Gasteiger partial charge on any atom is -0.308 e. The second-order valence-corrected chi connectivity index (χ2v) is 5.40. The van der Waals surface area contributed by atoms with Crippen LogP contribution >= 0.6 is 0 Å². The summed E-state index contributed by atoms with van der Waals surface area (Å²) in [6.07, 6.45) is 11.2. The lowest BCUT2D eigenvalue weighted by molar-refractivity contribution is 0.427. The van der Waals surface area contributed by atoms with Gasteiger partial charge in [0.1, 0.15) is 5.82 Å². The summed E-state index contributed by atoms with van der Waals surface area (Å²) in [6, 6.07) is 2.80. The van der Waals surface area contributed by atoms with Crippen LogP contribution in [0.5, 0.6) is 0 Å². The lowest BCUT2D eigenvalue weighted by atomic mass is 9.88. The highest BCUT2D eigenvalue weighted by molar-refractivity contribution is 5.06. The van der Waals surface area contributed by atoms with Gasteiger partial charge in [-0.3, -0.25) is 0 Å². The third kappa shape index (κ3) is 3.03. The molecule has 1 aromatic heterocycles. The minimum absolute atomic E-state index is 0.615. The van der Waals surface area contributed by atoms with Crippen molar-refractivity contribution >= 4 is 0 Å². The Morgan fingerprint density at radius 1 is 1.12 bits per heavy atom. The molecule has 92 valence electrons. The molecule has 2 saturated carbocycles. The van der Waals surface area contributed by atoms with E-state index < -0.39 is 0 Å². The van der Waals surface area contributed by atoms with Crippen LogP contribution in [0, 0.1) is 0 Å². The smallest absolute Gasteiger partial charge is 0.131 e. The second kappa shape index (κ2) is 5.13. The van der Waals surface area contributed by atoms with Crippen molar-refractivity contribution in [1.29, 1.82) is 0 Å². The Balaban J connectivity index is 1.64. The molecule has 0 aliphatic heterocycles. The normalized spacial score (nSPS) is 21.6. The highest BCUT2D eigenvalue weighted by Crippen LogP contribution is 2.30. The van der Waals surface area contributed by atoms with E-state index in [1.54, 1.807) is 0 Å². The zero-order valence-corrected chi connectivity index (χ0v) is 10.4. The van der Waals surface area contributed by atoms with Gasteiger partial charge in [-0.25, -0.2) is 9.97 Å². The highest BCUT2D eigenvalue weighted by Gasteiger charge is 2.21. The van der Waals surface area contributed by atoms with Crippen molar-refractivity contribution in [2.75, 3.05) is 0 Å². The van der Waals surface area contributed by atoms with Crippen molar-refractivity contribution < 1.29 is 0 Å². The third-order valence-corrected chi connectivity index (χ3v) is 3.85. The number of rotatable bonds is 4. The first kappa shape index (κ1) is 11.1. The number of nitrogens with zero attached hydrogens (tertiary/aromatic N) is 2. The van der Waals surface area contributed by atoms with E-state index in [0.717, 1.165) is 24.1 Å². The molecule has 0 bridgehead atoms. The zero-order chi connectivity index (χ0) is 11.5. The van der Waals surface area contributed by atoms with Gasteiger partial charge in [0.05, 0.1) is 5.69 Å². The summed E-state index contributed by atoms with van der Waals surface area (Å²) in [4.78, 5) is 9.19. The van der Waals surface area contributed by atoms with Gasteiger partial charge < -0.3 is 5.32 Å². The molecule has 0 saturated heterocycles. The van der Waals surface area contributed by atoms with Crippen molar-refractivity contribution in [3.8, 4) is 0 Å². The van der Waals surface area contributed by atoms with Crippen LogP contribution in [-0.4, -0.2) is 16.0 Å². The maximum Gasteiger partial charge on any atom is 0.131 e. The Bertz CT molecular complexity index is 367. The van der Waals surface area contributed by atoms with Crippen LogP contribution in [0.4, 0.5) is 0 Å². The monoisotopic (exact) mass is 231 g/mol. The molecular formula is C14H21N3. The van der Waals surface area contributed by atoms with Gasteiger partial charge >= 0.3 is 0 Å². The van der Waals surface area contributed by atoms with Crippen molar-refractivity contribution in [1.82, 2.24) is 15.3 Å². The molecule has 1 aromatic rings. The maximum atomic E-state index is 4.72. The van der Waals surface area contributed by atoms with Crippen LogP contribution in [0.25, 0.3) is 0 Å². The van der Waals surface area contributed by atoms with Gasteiger partial charge in [-0.05, 0) is 31.7 Å². The Morgan fingerprint density at radius 3 is 2.71 bits per heavy atom. The molecule has 3 nitrogen and oxygen atoms in total. The molecule has 0 radical (unpaired) electrons. The standard InChI is InChI=1S/C14H21N3/c1-2-4-11(5-3-1)14-15-9-8-13(17-14)10-16-12-6-7-12/h8-9,11-12,16H,1-7,10H2. The van der Waals surface area contributed by atoms with E-state index in [9.17, 15) is 0 Å². The molecule has 3 heteroatoms. The van der Waals surface area contributed by atoms with Gasteiger partial charge in [0.15, 0.2) is 0 Å². The summed E-state index contributed by atoms with van der Waals surface area (Å²) in [7, 11) is 0. The first-order valence-corrected chi connectivity index (χ1v) is 6.97. The molecule has 0 amide bonds. The van der Waals surface area contributed by atoms with Gasteiger partial charge in [0.25, 0.3) is 0 Å². The lowest BCUT2D eigenvalue weighted by Gasteiger charge is -2.20. The largest absolute Gasteiger partial charge is 0.308 e. The Morgan fingerprint density at radius 2 is 1.94 bits per heavy atom. The van der Waals surface area contributed by atoms with E-state index in [4.69, 9.17) is 4.98 Å². The molecule has 17 heavy (non-hydrogen) atoms. The molecule has 0 aromatic carbocycles. The predicted molar refractivity (Wildman–Crippen MR) is 67.7 cm³/mol. The summed E-state index contributed by atoms with van der Waals surface area (Å²) in [5, 5.41) is 3.51. The van der Waals surface area contributed by atoms with Gasteiger partial charge in [-0.15, -0.1) is 0 Å². The van der Waals surface area contributed by atoms with Gasteiger partial charge in [-0.1, -0.05) is 19.3 Å². The predicted octanol–water partition coefficient (Wildman–Crippen LogP) is 2.78. The number of hydrogen-bond acceptors (Lipinski definition) is 3. The van der Waals surface area contributed by atoms with E-state index in [1.165, 1.54) is 44.9 Å². The van der Waals surface area contributed by atoms with Gasteiger partial charge in [-0.2, -0.15) is 0 Å². The number of aromatic nitrogens is 2. The van der Waals surface area contributed by atoms with Gasteiger partial charge in [0.2, 0.25) is 0 Å². The summed E-state index contributed by atoms with van der Waals surface area (Å²) >= 11 is 0. The highest BCUT2D eigenvalue weighted by atomic mass is 15.0. The van der Waals surface area contributed by atoms with Crippen LogP contribution in [0.1, 0.15) is 62.4 Å². The fourth-order valence-corrected chi connectivity index (χ4v) is 2.61. The van der Waals surface area contributed by atoms with E-state index in [2.05, 4.69) is 10.3 Å². The average Bonchev–Trinajstić information content (AvgIpc) is 3.22. The second-order valence-electron chi connectivity index (χ2n) is 5.40. The lowest BCUT2D eigenvalue weighted by Crippen LogP contribution is -2.17. The molecule has 0 spiro atoms. The Kier molecular flexibility index (Phi) is 3.36. The van der Waals surface area contributed by atoms with Crippen LogP contribution < -0.4 is 5.32 Å². The number of nitrogens with one attached hydrogen (secondary N) is 1. The zero-order valence-electron chi connectivity index (χ0n) is 10.4. The first-order valence-electron chi connectivity index (χ1n) is 6.97. The topological polar surface area (TPSA) is 37.8 Å². The Hall–Kier alpha value is -0.960.